The predicted octanol–water partition coefficient (Wildman–Crippen LogP) is 3.29. The summed E-state index contributed by atoms with van der Waals surface area (Å²) in [6.45, 7) is 1.47. The van der Waals surface area contributed by atoms with E-state index in [-0.39, 0.29) is 11.3 Å². The lowest BCUT2D eigenvalue weighted by Crippen LogP contribution is -2.40. The molecule has 0 radical (unpaired) electrons. The number of hydrogen-bond acceptors (Lipinski definition) is 1. The topological polar surface area (TPSA) is 20.3 Å². The zero-order chi connectivity index (χ0) is 11.5. The Bertz CT molecular complexity index is 396. The van der Waals surface area contributed by atoms with Gasteiger partial charge in [0.2, 0.25) is 0 Å². The van der Waals surface area contributed by atoms with E-state index in [9.17, 15) is 4.79 Å². The highest BCUT2D eigenvalue weighted by atomic mass is 79.9. The molecule has 0 aliphatic carbocycles. The molecule has 1 unspecified atom stereocenters. The summed E-state index contributed by atoms with van der Waals surface area (Å²) < 4.78 is 0.929. The fourth-order valence-corrected chi connectivity index (χ4v) is 2.63. The fourth-order valence-electron chi connectivity index (χ4n) is 1.91. The first-order valence-electron chi connectivity index (χ1n) is 5.36. The Balaban J connectivity index is 2.12. The van der Waals surface area contributed by atoms with Crippen molar-refractivity contribution in [2.24, 2.45) is 0 Å². The quantitative estimate of drug-likeness (QED) is 0.729. The van der Waals surface area contributed by atoms with Gasteiger partial charge in [0.25, 0.3) is 5.91 Å². The van der Waals surface area contributed by atoms with Gasteiger partial charge in [0.05, 0.1) is 5.38 Å². The Morgan fingerprint density at radius 3 is 3.00 bits per heavy atom. The summed E-state index contributed by atoms with van der Waals surface area (Å²) in [5.74, 6) is 0.0756. The van der Waals surface area contributed by atoms with Gasteiger partial charge in [-0.2, -0.15) is 0 Å². The number of halogens is 2. The van der Waals surface area contributed by atoms with E-state index in [0.717, 1.165) is 29.4 Å². The Morgan fingerprint density at radius 2 is 2.31 bits per heavy atom. The molecule has 1 fully saturated rings. The minimum atomic E-state index is 0.0756. The summed E-state index contributed by atoms with van der Waals surface area (Å²) in [7, 11) is 0. The lowest BCUT2D eigenvalue weighted by Gasteiger charge is -2.29. The lowest BCUT2D eigenvalue weighted by molar-refractivity contribution is 0.0727. The van der Waals surface area contributed by atoms with Crippen LogP contribution in [0.4, 0.5) is 0 Å². The number of alkyl halides is 1. The predicted molar refractivity (Wildman–Crippen MR) is 68.9 cm³/mol. The highest BCUT2D eigenvalue weighted by molar-refractivity contribution is 9.10. The SMILES string of the molecule is O=C(c1cccc(Br)c1)N1CCCC(Cl)C1. The average Bonchev–Trinajstić information content (AvgIpc) is 2.28. The minimum absolute atomic E-state index is 0.0756. The largest absolute Gasteiger partial charge is 0.337 e. The monoisotopic (exact) mass is 301 g/mol. The maximum Gasteiger partial charge on any atom is 0.253 e. The molecule has 0 saturated carbocycles. The first-order chi connectivity index (χ1) is 7.66. The van der Waals surface area contributed by atoms with Gasteiger partial charge in [-0.1, -0.05) is 22.0 Å². The minimum Gasteiger partial charge on any atom is -0.337 e. The number of piperidine rings is 1. The molecule has 86 valence electrons. The molecule has 1 aromatic rings. The van der Waals surface area contributed by atoms with Crippen LogP contribution in [-0.4, -0.2) is 29.3 Å². The second-order valence-corrected chi connectivity index (χ2v) is 5.53. The highest BCUT2D eigenvalue weighted by Crippen LogP contribution is 2.19. The molecule has 0 spiro atoms. The van der Waals surface area contributed by atoms with Crippen LogP contribution in [0, 0.1) is 0 Å². The van der Waals surface area contributed by atoms with Crippen LogP contribution in [0.2, 0.25) is 0 Å². The van der Waals surface area contributed by atoms with Crippen molar-refractivity contribution in [3.8, 4) is 0 Å². The number of hydrogen-bond donors (Lipinski definition) is 0. The van der Waals surface area contributed by atoms with Crippen molar-refractivity contribution in [3.05, 3.63) is 34.3 Å². The molecule has 1 aliphatic rings. The maximum absolute atomic E-state index is 12.1. The molecule has 1 saturated heterocycles. The first kappa shape index (κ1) is 11.9. The summed E-state index contributed by atoms with van der Waals surface area (Å²) in [6.07, 6.45) is 2.00. The summed E-state index contributed by atoms with van der Waals surface area (Å²) in [5, 5.41) is 0.102. The molecule has 1 heterocycles. The maximum atomic E-state index is 12.1. The molecule has 0 bridgehead atoms. The van der Waals surface area contributed by atoms with Gasteiger partial charge < -0.3 is 4.90 Å². The van der Waals surface area contributed by atoms with Crippen LogP contribution in [0.15, 0.2) is 28.7 Å². The molecule has 1 amide bonds. The highest BCUT2D eigenvalue weighted by Gasteiger charge is 2.22. The van der Waals surface area contributed by atoms with E-state index in [0.29, 0.717) is 6.54 Å². The van der Waals surface area contributed by atoms with Gasteiger partial charge in [0, 0.05) is 23.1 Å². The van der Waals surface area contributed by atoms with Gasteiger partial charge in [0.15, 0.2) is 0 Å². The summed E-state index contributed by atoms with van der Waals surface area (Å²) in [4.78, 5) is 14.0. The molecular formula is C12H13BrClNO. The molecule has 2 rings (SSSR count). The number of rotatable bonds is 1. The Kier molecular flexibility index (Phi) is 3.87. The van der Waals surface area contributed by atoms with E-state index in [1.165, 1.54) is 0 Å². The van der Waals surface area contributed by atoms with Crippen LogP contribution in [0.25, 0.3) is 0 Å². The number of nitrogens with zero attached hydrogens (tertiary/aromatic N) is 1. The second kappa shape index (κ2) is 5.19. The smallest absolute Gasteiger partial charge is 0.253 e. The van der Waals surface area contributed by atoms with Gasteiger partial charge in [-0.05, 0) is 31.0 Å². The van der Waals surface area contributed by atoms with Crippen molar-refractivity contribution in [3.63, 3.8) is 0 Å². The molecule has 0 N–H and O–H groups in total. The van der Waals surface area contributed by atoms with Crippen LogP contribution in [0.3, 0.4) is 0 Å². The molecule has 0 aromatic heterocycles. The molecule has 2 nitrogen and oxygen atoms in total. The van der Waals surface area contributed by atoms with Crippen molar-refractivity contribution in [1.82, 2.24) is 4.90 Å². The van der Waals surface area contributed by atoms with Crippen LogP contribution in [-0.2, 0) is 0 Å². The van der Waals surface area contributed by atoms with E-state index in [4.69, 9.17) is 11.6 Å². The van der Waals surface area contributed by atoms with Gasteiger partial charge in [-0.15, -0.1) is 11.6 Å². The normalized spacial score (nSPS) is 20.9. The number of benzene rings is 1. The lowest BCUT2D eigenvalue weighted by atomic mass is 10.1. The number of likely N-dealkylation sites (tertiary alicyclic amines) is 1. The van der Waals surface area contributed by atoms with E-state index < -0.39 is 0 Å². The van der Waals surface area contributed by atoms with Crippen molar-refractivity contribution in [2.45, 2.75) is 18.2 Å². The summed E-state index contributed by atoms with van der Waals surface area (Å²) in [6, 6.07) is 7.47. The Labute approximate surface area is 109 Å². The second-order valence-electron chi connectivity index (χ2n) is 4.00. The molecule has 4 heteroatoms. The molecule has 1 aliphatic heterocycles. The average molecular weight is 303 g/mol. The third-order valence-electron chi connectivity index (χ3n) is 2.72. The Hall–Kier alpha value is -0.540. The standard InChI is InChI=1S/C12H13BrClNO/c13-10-4-1-3-9(7-10)12(16)15-6-2-5-11(14)8-15/h1,3-4,7,11H,2,5-6,8H2. The van der Waals surface area contributed by atoms with E-state index in [2.05, 4.69) is 15.9 Å². The Morgan fingerprint density at radius 1 is 1.50 bits per heavy atom. The number of carbonyl (C=O) groups is 1. The number of amides is 1. The van der Waals surface area contributed by atoms with Gasteiger partial charge in [-0.3, -0.25) is 4.79 Å². The summed E-state index contributed by atoms with van der Waals surface area (Å²) in [5.41, 5.74) is 0.722. The zero-order valence-corrected chi connectivity index (χ0v) is 11.2. The van der Waals surface area contributed by atoms with Crippen molar-refractivity contribution >= 4 is 33.4 Å². The molecule has 1 aromatic carbocycles. The fraction of sp³-hybridized carbons (Fsp3) is 0.417. The molecular weight excluding hydrogens is 289 g/mol. The zero-order valence-electron chi connectivity index (χ0n) is 8.83. The van der Waals surface area contributed by atoms with Crippen LogP contribution in [0.5, 0.6) is 0 Å². The first-order valence-corrected chi connectivity index (χ1v) is 6.58. The van der Waals surface area contributed by atoms with E-state index >= 15 is 0 Å². The third kappa shape index (κ3) is 2.77. The summed E-state index contributed by atoms with van der Waals surface area (Å²) >= 11 is 9.44. The van der Waals surface area contributed by atoms with Crippen molar-refractivity contribution in [2.75, 3.05) is 13.1 Å². The van der Waals surface area contributed by atoms with E-state index in [1.54, 1.807) is 0 Å². The van der Waals surface area contributed by atoms with Crippen LogP contribution < -0.4 is 0 Å². The van der Waals surface area contributed by atoms with Gasteiger partial charge in [0.1, 0.15) is 0 Å². The van der Waals surface area contributed by atoms with Crippen LogP contribution >= 0.6 is 27.5 Å². The molecule has 16 heavy (non-hydrogen) atoms. The van der Waals surface area contributed by atoms with Crippen molar-refractivity contribution < 1.29 is 4.79 Å². The van der Waals surface area contributed by atoms with Gasteiger partial charge >= 0.3 is 0 Å². The van der Waals surface area contributed by atoms with E-state index in [1.807, 2.05) is 29.2 Å². The van der Waals surface area contributed by atoms with Crippen molar-refractivity contribution in [1.29, 1.82) is 0 Å². The van der Waals surface area contributed by atoms with Gasteiger partial charge in [-0.25, -0.2) is 0 Å². The third-order valence-corrected chi connectivity index (χ3v) is 3.57. The molecule has 1 atom stereocenters. The van der Waals surface area contributed by atoms with Crippen LogP contribution in [0.1, 0.15) is 23.2 Å². The number of carbonyl (C=O) groups excluding carboxylic acids is 1.